The quantitative estimate of drug-likeness (QED) is 0.222. The van der Waals surface area contributed by atoms with Crippen LogP contribution in [0, 0.1) is 0 Å². The molecule has 0 amide bonds. The van der Waals surface area contributed by atoms with Crippen LogP contribution in [0.1, 0.15) is 25.0 Å². The highest BCUT2D eigenvalue weighted by molar-refractivity contribution is 6.11. The Bertz CT molecular complexity index is 2050. The molecule has 0 N–H and O–H groups in total. The Kier molecular flexibility index (Phi) is 5.20. The molecule has 1 aromatic heterocycles. The third-order valence-electron chi connectivity index (χ3n) is 8.77. The molecule has 0 bridgehead atoms. The first-order valence-corrected chi connectivity index (χ1v) is 14.3. The van der Waals surface area contributed by atoms with E-state index >= 15 is 0 Å². The van der Waals surface area contributed by atoms with E-state index in [4.69, 9.17) is 0 Å². The van der Waals surface area contributed by atoms with E-state index in [-0.39, 0.29) is 5.41 Å². The first kappa shape index (κ1) is 23.8. The molecule has 2 heteroatoms. The monoisotopic (exact) mass is 526 g/mol. The van der Waals surface area contributed by atoms with Gasteiger partial charge in [0.1, 0.15) is 0 Å². The van der Waals surface area contributed by atoms with Gasteiger partial charge in [-0.3, -0.25) is 0 Å². The lowest BCUT2D eigenvalue weighted by molar-refractivity contribution is 0.632. The summed E-state index contributed by atoms with van der Waals surface area (Å²) in [5, 5.41) is 2.54. The van der Waals surface area contributed by atoms with Crippen molar-refractivity contribution < 1.29 is 0 Å². The highest BCUT2D eigenvalue weighted by Gasteiger charge is 2.37. The van der Waals surface area contributed by atoms with Gasteiger partial charge < -0.3 is 9.47 Å². The van der Waals surface area contributed by atoms with Crippen molar-refractivity contribution in [2.75, 3.05) is 4.90 Å². The van der Waals surface area contributed by atoms with Crippen LogP contribution in [0.2, 0.25) is 0 Å². The molecular formula is C39H30N2. The molecule has 0 radical (unpaired) electrons. The van der Waals surface area contributed by atoms with Crippen molar-refractivity contribution >= 4 is 38.9 Å². The fourth-order valence-corrected chi connectivity index (χ4v) is 6.73. The number of fused-ring (bicyclic) bond motifs is 5. The average molecular weight is 527 g/mol. The van der Waals surface area contributed by atoms with E-state index < -0.39 is 0 Å². The molecule has 41 heavy (non-hydrogen) atoms. The molecule has 0 aliphatic carbocycles. The number of hydrogen-bond donors (Lipinski definition) is 0. The van der Waals surface area contributed by atoms with Crippen molar-refractivity contribution in [3.8, 4) is 16.8 Å². The lowest BCUT2D eigenvalue weighted by Gasteiger charge is -2.42. The summed E-state index contributed by atoms with van der Waals surface area (Å²) in [6.45, 7) is 4.73. The molecule has 8 rings (SSSR count). The maximum Gasteiger partial charge on any atom is 0.0545 e. The maximum absolute atomic E-state index is 2.46. The molecular weight excluding hydrogens is 496 g/mol. The van der Waals surface area contributed by atoms with Crippen LogP contribution < -0.4 is 4.90 Å². The van der Waals surface area contributed by atoms with E-state index in [1.54, 1.807) is 0 Å². The maximum atomic E-state index is 2.46. The molecule has 6 aromatic carbocycles. The third kappa shape index (κ3) is 3.57. The van der Waals surface area contributed by atoms with Gasteiger partial charge in [0.2, 0.25) is 0 Å². The van der Waals surface area contributed by atoms with Crippen LogP contribution in [0.3, 0.4) is 0 Å². The zero-order valence-electron chi connectivity index (χ0n) is 23.3. The SMILES string of the molecule is CC1(C)c2ccccc2N(c2ccc(-c3ccccc3)cc2)c2cc3c4ccccc4n(-c4ccccc4)c3cc21. The first-order valence-electron chi connectivity index (χ1n) is 14.3. The smallest absolute Gasteiger partial charge is 0.0545 e. The van der Waals surface area contributed by atoms with Gasteiger partial charge in [0.05, 0.1) is 22.4 Å². The summed E-state index contributed by atoms with van der Waals surface area (Å²) in [5.41, 5.74) is 12.2. The number of anilines is 3. The lowest BCUT2D eigenvalue weighted by atomic mass is 9.73. The minimum Gasteiger partial charge on any atom is -0.310 e. The number of para-hydroxylation sites is 3. The number of nitrogens with zero attached hydrogens (tertiary/aromatic N) is 2. The van der Waals surface area contributed by atoms with Crippen LogP contribution in [0.25, 0.3) is 38.6 Å². The van der Waals surface area contributed by atoms with Crippen LogP contribution in [0.5, 0.6) is 0 Å². The van der Waals surface area contributed by atoms with E-state index in [1.165, 1.54) is 66.8 Å². The Morgan fingerprint density at radius 1 is 0.439 bits per heavy atom. The van der Waals surface area contributed by atoms with Crippen LogP contribution in [-0.2, 0) is 5.41 Å². The average Bonchev–Trinajstić information content (AvgIpc) is 3.35. The van der Waals surface area contributed by atoms with Gasteiger partial charge in [0, 0.05) is 27.6 Å². The van der Waals surface area contributed by atoms with E-state index in [0.717, 1.165) is 0 Å². The highest BCUT2D eigenvalue weighted by atomic mass is 15.2. The Morgan fingerprint density at radius 2 is 1.07 bits per heavy atom. The molecule has 0 saturated heterocycles. The lowest BCUT2D eigenvalue weighted by Crippen LogP contribution is -2.30. The van der Waals surface area contributed by atoms with Gasteiger partial charge in [-0.25, -0.2) is 0 Å². The van der Waals surface area contributed by atoms with Gasteiger partial charge in [-0.1, -0.05) is 111 Å². The molecule has 1 aliphatic heterocycles. The van der Waals surface area contributed by atoms with Gasteiger partial charge in [-0.05, 0) is 70.8 Å². The van der Waals surface area contributed by atoms with Crippen molar-refractivity contribution in [2.45, 2.75) is 19.3 Å². The number of rotatable bonds is 3. The number of aromatic nitrogens is 1. The molecule has 2 heterocycles. The van der Waals surface area contributed by atoms with Crippen molar-refractivity contribution in [3.05, 3.63) is 157 Å². The van der Waals surface area contributed by atoms with Crippen molar-refractivity contribution in [3.63, 3.8) is 0 Å². The Morgan fingerprint density at radius 3 is 1.85 bits per heavy atom. The highest BCUT2D eigenvalue weighted by Crippen LogP contribution is 2.53. The summed E-state index contributed by atoms with van der Waals surface area (Å²) in [7, 11) is 0. The van der Waals surface area contributed by atoms with Gasteiger partial charge in [0.25, 0.3) is 0 Å². The third-order valence-corrected chi connectivity index (χ3v) is 8.77. The molecule has 0 unspecified atom stereocenters. The van der Waals surface area contributed by atoms with E-state index in [0.29, 0.717) is 0 Å². The molecule has 0 fully saturated rings. The summed E-state index contributed by atoms with van der Waals surface area (Å²) in [4.78, 5) is 2.46. The van der Waals surface area contributed by atoms with E-state index in [2.05, 4.69) is 169 Å². The minimum atomic E-state index is -0.168. The molecule has 0 spiro atoms. The van der Waals surface area contributed by atoms with Gasteiger partial charge in [-0.15, -0.1) is 0 Å². The van der Waals surface area contributed by atoms with Gasteiger partial charge >= 0.3 is 0 Å². The molecule has 1 aliphatic rings. The van der Waals surface area contributed by atoms with Crippen LogP contribution in [0.4, 0.5) is 17.1 Å². The van der Waals surface area contributed by atoms with Crippen molar-refractivity contribution in [1.29, 1.82) is 0 Å². The number of benzene rings is 6. The second-order valence-corrected chi connectivity index (χ2v) is 11.5. The van der Waals surface area contributed by atoms with Crippen LogP contribution in [-0.4, -0.2) is 4.57 Å². The van der Waals surface area contributed by atoms with Crippen molar-refractivity contribution in [2.24, 2.45) is 0 Å². The summed E-state index contributed by atoms with van der Waals surface area (Å²) < 4.78 is 2.42. The second kappa shape index (κ2) is 8.97. The standard InChI is InChI=1S/C39H30N2/c1-39(2)33-18-10-12-20-36(33)41(30-23-21-28(22-24-30)27-13-5-3-6-14-27)38-25-32-31-17-9-11-19-35(31)40(37(32)26-34(38)39)29-15-7-4-8-16-29/h3-26H,1-2H3. The number of hydrogen-bond acceptors (Lipinski definition) is 1. The summed E-state index contributed by atoms with van der Waals surface area (Å²) in [5.74, 6) is 0. The molecule has 0 atom stereocenters. The molecule has 0 saturated carbocycles. The summed E-state index contributed by atoms with van der Waals surface area (Å²) in [6.07, 6.45) is 0. The molecule has 196 valence electrons. The minimum absolute atomic E-state index is 0.168. The normalized spacial score (nSPS) is 13.8. The van der Waals surface area contributed by atoms with Gasteiger partial charge in [0.15, 0.2) is 0 Å². The zero-order valence-corrected chi connectivity index (χ0v) is 23.3. The van der Waals surface area contributed by atoms with Gasteiger partial charge in [-0.2, -0.15) is 0 Å². The first-order chi connectivity index (χ1) is 20.1. The molecule has 7 aromatic rings. The summed E-state index contributed by atoms with van der Waals surface area (Å²) >= 11 is 0. The second-order valence-electron chi connectivity index (χ2n) is 11.5. The van der Waals surface area contributed by atoms with Crippen molar-refractivity contribution in [1.82, 2.24) is 4.57 Å². The van der Waals surface area contributed by atoms with Crippen LogP contribution >= 0.6 is 0 Å². The predicted octanol–water partition coefficient (Wildman–Crippen LogP) is 10.6. The largest absolute Gasteiger partial charge is 0.310 e. The fourth-order valence-electron chi connectivity index (χ4n) is 6.73. The molecule has 2 nitrogen and oxygen atoms in total. The van der Waals surface area contributed by atoms with E-state index in [9.17, 15) is 0 Å². The Hall–Kier alpha value is -5.08. The topological polar surface area (TPSA) is 8.17 Å². The van der Waals surface area contributed by atoms with Crippen LogP contribution in [0.15, 0.2) is 146 Å². The Balaban J connectivity index is 1.41. The van der Waals surface area contributed by atoms with E-state index in [1.807, 2.05) is 0 Å². The fraction of sp³-hybridized carbons (Fsp3) is 0.0769. The zero-order chi connectivity index (χ0) is 27.6. The Labute approximate surface area is 240 Å². The summed E-state index contributed by atoms with van der Waals surface area (Å²) in [6, 6.07) is 52.9. The predicted molar refractivity (Wildman–Crippen MR) is 173 cm³/mol.